The highest BCUT2D eigenvalue weighted by Gasteiger charge is 2.46. The van der Waals surface area contributed by atoms with E-state index in [1.54, 1.807) is 19.6 Å². The molecule has 2 aromatic rings. The average molecular weight is 406 g/mol. The molecule has 2 fully saturated rings. The number of sulfone groups is 1. The number of para-hydroxylation sites is 1. The van der Waals surface area contributed by atoms with E-state index < -0.39 is 9.84 Å². The standard InChI is InChI=1S/C20H27N3O4S/c1-26-18-5-2-4-17(20(18)27-10-3-8-22-9-7-21-15-22)13-23-12-16-6-11-28(24,25)19(16)14-23/h2,4-5,7,9,15-16,19H,3,6,8,10-14H2,1H3/t16-,19+/m0/s1. The molecule has 0 unspecified atom stereocenters. The van der Waals surface area contributed by atoms with E-state index in [2.05, 4.69) is 9.88 Å². The summed E-state index contributed by atoms with van der Waals surface area (Å²) in [4.78, 5) is 6.28. The van der Waals surface area contributed by atoms with E-state index in [-0.39, 0.29) is 11.2 Å². The van der Waals surface area contributed by atoms with Gasteiger partial charge in [0.25, 0.3) is 0 Å². The molecule has 0 N–H and O–H groups in total. The number of likely N-dealkylation sites (tertiary alicyclic amines) is 1. The van der Waals surface area contributed by atoms with Crippen molar-refractivity contribution in [2.24, 2.45) is 5.92 Å². The van der Waals surface area contributed by atoms with E-state index in [9.17, 15) is 8.42 Å². The first-order valence-electron chi connectivity index (χ1n) is 9.75. The Morgan fingerprint density at radius 1 is 1.29 bits per heavy atom. The van der Waals surface area contributed by atoms with Crippen LogP contribution in [0.5, 0.6) is 11.5 Å². The molecule has 0 bridgehead atoms. The number of methoxy groups -OCH3 is 1. The summed E-state index contributed by atoms with van der Waals surface area (Å²) in [7, 11) is -1.27. The van der Waals surface area contributed by atoms with E-state index in [1.165, 1.54) is 0 Å². The molecule has 0 amide bonds. The minimum absolute atomic E-state index is 0.197. The molecule has 28 heavy (non-hydrogen) atoms. The van der Waals surface area contributed by atoms with Gasteiger partial charge in [0.05, 0.1) is 31.0 Å². The Hall–Kier alpha value is -2.06. The molecule has 2 aliphatic heterocycles. The van der Waals surface area contributed by atoms with Crippen LogP contribution in [-0.4, -0.2) is 60.7 Å². The van der Waals surface area contributed by atoms with E-state index in [0.717, 1.165) is 37.2 Å². The van der Waals surface area contributed by atoms with Gasteiger partial charge in [-0.25, -0.2) is 13.4 Å². The lowest BCUT2D eigenvalue weighted by Crippen LogP contribution is -2.26. The summed E-state index contributed by atoms with van der Waals surface area (Å²) >= 11 is 0. The molecule has 0 aliphatic carbocycles. The molecular weight excluding hydrogens is 378 g/mol. The Morgan fingerprint density at radius 2 is 2.18 bits per heavy atom. The van der Waals surface area contributed by atoms with Crippen molar-refractivity contribution in [3.05, 3.63) is 42.5 Å². The Kier molecular flexibility index (Phi) is 5.59. The Morgan fingerprint density at radius 3 is 2.93 bits per heavy atom. The monoisotopic (exact) mass is 405 g/mol. The second-order valence-electron chi connectivity index (χ2n) is 7.60. The Balaban J connectivity index is 1.41. The number of nitrogens with zero attached hydrogens (tertiary/aromatic N) is 3. The van der Waals surface area contributed by atoms with Crippen LogP contribution in [0.3, 0.4) is 0 Å². The second kappa shape index (κ2) is 8.13. The maximum atomic E-state index is 12.2. The van der Waals surface area contributed by atoms with Crippen molar-refractivity contribution in [1.29, 1.82) is 0 Å². The van der Waals surface area contributed by atoms with Gasteiger partial charge in [-0.3, -0.25) is 4.90 Å². The lowest BCUT2D eigenvalue weighted by molar-refractivity contribution is 0.266. The summed E-state index contributed by atoms with van der Waals surface area (Å²) in [5.41, 5.74) is 1.04. The molecule has 8 heteroatoms. The summed E-state index contributed by atoms with van der Waals surface area (Å²) in [6.07, 6.45) is 7.16. The van der Waals surface area contributed by atoms with Crippen molar-refractivity contribution >= 4 is 9.84 Å². The highest BCUT2D eigenvalue weighted by molar-refractivity contribution is 7.92. The average Bonchev–Trinajstić information content (AvgIpc) is 3.39. The molecule has 0 saturated carbocycles. The van der Waals surface area contributed by atoms with Gasteiger partial charge in [0, 0.05) is 44.1 Å². The van der Waals surface area contributed by atoms with Gasteiger partial charge in [0.1, 0.15) is 0 Å². The Bertz CT molecular complexity index is 898. The van der Waals surface area contributed by atoms with Crippen LogP contribution in [0.1, 0.15) is 18.4 Å². The largest absolute Gasteiger partial charge is 0.493 e. The van der Waals surface area contributed by atoms with Crippen LogP contribution in [0.2, 0.25) is 0 Å². The fourth-order valence-corrected chi connectivity index (χ4v) is 6.48. The van der Waals surface area contributed by atoms with Gasteiger partial charge in [-0.05, 0) is 24.8 Å². The van der Waals surface area contributed by atoms with E-state index >= 15 is 0 Å². The number of rotatable bonds is 8. The SMILES string of the molecule is COc1cccc(CN2C[C@@H]3CCS(=O)(=O)[C@@H]3C2)c1OCCCn1ccnc1. The lowest BCUT2D eigenvalue weighted by atomic mass is 10.1. The molecule has 0 radical (unpaired) electrons. The first-order chi connectivity index (χ1) is 13.6. The zero-order chi connectivity index (χ0) is 19.6. The maximum Gasteiger partial charge on any atom is 0.165 e. The molecular formula is C20H27N3O4S. The third-order valence-corrected chi connectivity index (χ3v) is 7.99. The molecule has 3 heterocycles. The third-order valence-electron chi connectivity index (χ3n) is 5.73. The van der Waals surface area contributed by atoms with Crippen molar-refractivity contribution in [3.8, 4) is 11.5 Å². The number of imidazole rings is 1. The van der Waals surface area contributed by atoms with Crippen molar-refractivity contribution in [2.75, 3.05) is 32.6 Å². The number of hydrogen-bond donors (Lipinski definition) is 0. The normalized spacial score (nSPS) is 23.6. The number of fused-ring (bicyclic) bond motifs is 1. The topological polar surface area (TPSA) is 73.7 Å². The van der Waals surface area contributed by atoms with Crippen LogP contribution in [0.15, 0.2) is 36.9 Å². The van der Waals surface area contributed by atoms with Crippen molar-refractivity contribution < 1.29 is 17.9 Å². The van der Waals surface area contributed by atoms with Gasteiger partial charge in [0.2, 0.25) is 0 Å². The zero-order valence-corrected chi connectivity index (χ0v) is 17.0. The molecule has 2 saturated heterocycles. The van der Waals surface area contributed by atoms with Crippen molar-refractivity contribution in [3.63, 3.8) is 0 Å². The fraction of sp³-hybridized carbons (Fsp3) is 0.550. The first kappa shape index (κ1) is 19.3. The minimum atomic E-state index is -2.92. The van der Waals surface area contributed by atoms with Crippen LogP contribution >= 0.6 is 0 Å². The maximum absolute atomic E-state index is 12.2. The lowest BCUT2D eigenvalue weighted by Gasteiger charge is -2.20. The molecule has 4 rings (SSSR count). The quantitative estimate of drug-likeness (QED) is 0.626. The molecule has 7 nitrogen and oxygen atoms in total. The van der Waals surface area contributed by atoms with Crippen LogP contribution in [-0.2, 0) is 22.9 Å². The van der Waals surface area contributed by atoms with Crippen molar-refractivity contribution in [1.82, 2.24) is 14.5 Å². The van der Waals surface area contributed by atoms with Crippen LogP contribution in [0.25, 0.3) is 0 Å². The highest BCUT2D eigenvalue weighted by atomic mass is 32.2. The number of ether oxygens (including phenoxy) is 2. The third kappa shape index (κ3) is 4.03. The fourth-order valence-electron chi connectivity index (χ4n) is 4.30. The first-order valence-corrected chi connectivity index (χ1v) is 11.5. The summed E-state index contributed by atoms with van der Waals surface area (Å²) in [5.74, 6) is 2.10. The van der Waals surface area contributed by atoms with Crippen LogP contribution in [0, 0.1) is 5.92 Å². The Labute approximate surface area is 166 Å². The van der Waals surface area contributed by atoms with E-state index in [0.29, 0.717) is 31.2 Å². The molecule has 0 spiro atoms. The van der Waals surface area contributed by atoms with Gasteiger partial charge in [-0.15, -0.1) is 0 Å². The molecule has 1 aromatic carbocycles. The highest BCUT2D eigenvalue weighted by Crippen LogP contribution is 2.37. The summed E-state index contributed by atoms with van der Waals surface area (Å²) in [5, 5.41) is -0.197. The van der Waals surface area contributed by atoms with Gasteiger partial charge in [-0.1, -0.05) is 12.1 Å². The summed E-state index contributed by atoms with van der Waals surface area (Å²) in [6, 6.07) is 5.90. The summed E-state index contributed by atoms with van der Waals surface area (Å²) in [6.45, 7) is 3.55. The predicted molar refractivity (Wildman–Crippen MR) is 106 cm³/mol. The van der Waals surface area contributed by atoms with Gasteiger partial charge in [0.15, 0.2) is 21.3 Å². The van der Waals surface area contributed by atoms with Crippen LogP contribution < -0.4 is 9.47 Å². The number of benzene rings is 1. The number of aromatic nitrogens is 2. The number of aryl methyl sites for hydroxylation is 1. The number of hydrogen-bond acceptors (Lipinski definition) is 6. The minimum Gasteiger partial charge on any atom is -0.493 e. The van der Waals surface area contributed by atoms with Crippen molar-refractivity contribution in [2.45, 2.75) is 31.2 Å². The summed E-state index contributed by atoms with van der Waals surface area (Å²) < 4.78 is 38.0. The van der Waals surface area contributed by atoms with Crippen LogP contribution in [0.4, 0.5) is 0 Å². The molecule has 152 valence electrons. The van der Waals surface area contributed by atoms with E-state index in [1.807, 2.05) is 29.0 Å². The smallest absolute Gasteiger partial charge is 0.165 e. The molecule has 2 atom stereocenters. The van der Waals surface area contributed by atoms with Gasteiger partial charge < -0.3 is 14.0 Å². The predicted octanol–water partition coefficient (Wildman–Crippen LogP) is 1.98. The molecule has 2 aliphatic rings. The van der Waals surface area contributed by atoms with E-state index in [4.69, 9.17) is 9.47 Å². The molecule has 1 aromatic heterocycles. The van der Waals surface area contributed by atoms with Gasteiger partial charge >= 0.3 is 0 Å². The van der Waals surface area contributed by atoms with Gasteiger partial charge in [-0.2, -0.15) is 0 Å². The second-order valence-corrected chi connectivity index (χ2v) is 9.94. The zero-order valence-electron chi connectivity index (χ0n) is 16.2.